The third kappa shape index (κ3) is 1.97. The van der Waals surface area contributed by atoms with Crippen molar-refractivity contribution in [3.05, 3.63) is 35.1 Å². The molecule has 0 bridgehead atoms. The number of rotatable bonds is 1. The van der Waals surface area contributed by atoms with Gasteiger partial charge in [-0.2, -0.15) is 0 Å². The lowest BCUT2D eigenvalue weighted by Crippen LogP contribution is -2.06. The van der Waals surface area contributed by atoms with Gasteiger partial charge in [-0.3, -0.25) is 0 Å². The average Bonchev–Trinajstić information content (AvgIpc) is 2.19. The van der Waals surface area contributed by atoms with E-state index in [2.05, 4.69) is 0 Å². The second-order valence-electron chi connectivity index (χ2n) is 4.34. The first-order chi connectivity index (χ1) is 6.77. The lowest BCUT2D eigenvalue weighted by atomic mass is 9.82. The molecule has 0 unspecified atom stereocenters. The zero-order chi connectivity index (χ0) is 9.97. The van der Waals surface area contributed by atoms with Crippen molar-refractivity contribution in [2.24, 2.45) is 0 Å². The first-order valence-corrected chi connectivity index (χ1v) is 5.53. The molecule has 1 aliphatic rings. The van der Waals surface area contributed by atoms with E-state index in [1.807, 2.05) is 13.0 Å². The van der Waals surface area contributed by atoms with Crippen molar-refractivity contribution in [2.75, 3.05) is 0 Å². The smallest absolute Gasteiger partial charge is 0.123 e. The van der Waals surface area contributed by atoms with Gasteiger partial charge in [0.15, 0.2) is 0 Å². The van der Waals surface area contributed by atoms with Crippen LogP contribution in [0.15, 0.2) is 18.2 Å². The van der Waals surface area contributed by atoms with Gasteiger partial charge in [-0.15, -0.1) is 0 Å². The largest absolute Gasteiger partial charge is 0.207 e. The summed E-state index contributed by atoms with van der Waals surface area (Å²) in [7, 11) is 0. The summed E-state index contributed by atoms with van der Waals surface area (Å²) < 4.78 is 12.9. The van der Waals surface area contributed by atoms with Crippen LogP contribution in [0.3, 0.4) is 0 Å². The summed E-state index contributed by atoms with van der Waals surface area (Å²) in [5.74, 6) is 0.575. The highest BCUT2D eigenvalue weighted by Crippen LogP contribution is 2.34. The lowest BCUT2D eigenvalue weighted by Gasteiger charge is -2.23. The van der Waals surface area contributed by atoms with Crippen molar-refractivity contribution >= 4 is 0 Å². The van der Waals surface area contributed by atoms with Crippen LogP contribution in [0.25, 0.3) is 0 Å². The van der Waals surface area contributed by atoms with Gasteiger partial charge >= 0.3 is 0 Å². The van der Waals surface area contributed by atoms with Crippen LogP contribution >= 0.6 is 0 Å². The molecule has 0 aliphatic heterocycles. The normalized spacial score (nSPS) is 18.4. The fourth-order valence-corrected chi connectivity index (χ4v) is 2.51. The van der Waals surface area contributed by atoms with Gasteiger partial charge in [-0.05, 0) is 48.9 Å². The summed E-state index contributed by atoms with van der Waals surface area (Å²) >= 11 is 0. The van der Waals surface area contributed by atoms with E-state index in [0.717, 1.165) is 5.56 Å². The molecular formula is C13H17F. The van der Waals surface area contributed by atoms with Crippen molar-refractivity contribution in [3.8, 4) is 0 Å². The Balaban J connectivity index is 2.22. The summed E-state index contributed by atoms with van der Waals surface area (Å²) in [6.07, 6.45) is 6.61. The number of hydrogen-bond acceptors (Lipinski definition) is 0. The Kier molecular flexibility index (Phi) is 2.85. The van der Waals surface area contributed by atoms with Crippen LogP contribution in [0.2, 0.25) is 0 Å². The van der Waals surface area contributed by atoms with Gasteiger partial charge in [-0.1, -0.05) is 25.3 Å². The van der Waals surface area contributed by atoms with Crippen molar-refractivity contribution in [1.29, 1.82) is 0 Å². The first-order valence-electron chi connectivity index (χ1n) is 5.53. The Morgan fingerprint density at radius 2 is 1.86 bits per heavy atom. The summed E-state index contributed by atoms with van der Waals surface area (Å²) in [4.78, 5) is 0. The fraction of sp³-hybridized carbons (Fsp3) is 0.538. The van der Waals surface area contributed by atoms with Crippen molar-refractivity contribution in [2.45, 2.75) is 44.9 Å². The highest BCUT2D eigenvalue weighted by Gasteiger charge is 2.16. The summed E-state index contributed by atoms with van der Waals surface area (Å²) in [5.41, 5.74) is 2.49. The third-order valence-corrected chi connectivity index (χ3v) is 3.28. The molecule has 0 radical (unpaired) electrons. The second-order valence-corrected chi connectivity index (χ2v) is 4.34. The number of hydrogen-bond donors (Lipinski definition) is 0. The monoisotopic (exact) mass is 192 g/mol. The van der Waals surface area contributed by atoms with Crippen LogP contribution < -0.4 is 0 Å². The van der Waals surface area contributed by atoms with Crippen LogP contribution in [0.4, 0.5) is 4.39 Å². The molecule has 1 heteroatoms. The maximum absolute atomic E-state index is 12.9. The average molecular weight is 192 g/mol. The first kappa shape index (κ1) is 9.70. The van der Waals surface area contributed by atoms with Crippen molar-refractivity contribution in [1.82, 2.24) is 0 Å². The van der Waals surface area contributed by atoms with Gasteiger partial charge < -0.3 is 0 Å². The van der Waals surface area contributed by atoms with E-state index >= 15 is 0 Å². The molecule has 0 atom stereocenters. The Morgan fingerprint density at radius 1 is 1.14 bits per heavy atom. The Labute approximate surface area is 85.1 Å². The van der Waals surface area contributed by atoms with E-state index in [0.29, 0.717) is 5.92 Å². The van der Waals surface area contributed by atoms with E-state index < -0.39 is 0 Å². The molecule has 1 aliphatic carbocycles. The Morgan fingerprint density at radius 3 is 2.50 bits per heavy atom. The standard InChI is InChI=1S/C13H17F/c1-10-9-12(14)7-8-13(10)11-5-3-2-4-6-11/h7-9,11H,2-6H2,1H3. The molecule has 1 saturated carbocycles. The molecule has 1 aromatic rings. The minimum atomic E-state index is -0.109. The van der Waals surface area contributed by atoms with Crippen molar-refractivity contribution in [3.63, 3.8) is 0 Å². The SMILES string of the molecule is Cc1cc(F)ccc1C1CCCCC1. The van der Waals surface area contributed by atoms with Crippen LogP contribution in [0.1, 0.15) is 49.1 Å². The van der Waals surface area contributed by atoms with Crippen LogP contribution in [0.5, 0.6) is 0 Å². The minimum absolute atomic E-state index is 0.109. The molecule has 0 aromatic heterocycles. The summed E-state index contributed by atoms with van der Waals surface area (Å²) in [6.45, 7) is 2.02. The maximum Gasteiger partial charge on any atom is 0.123 e. The van der Waals surface area contributed by atoms with Crippen LogP contribution in [-0.2, 0) is 0 Å². The van der Waals surface area contributed by atoms with E-state index in [1.54, 1.807) is 12.1 Å². The van der Waals surface area contributed by atoms with Gasteiger partial charge in [0.2, 0.25) is 0 Å². The van der Waals surface area contributed by atoms with Crippen LogP contribution in [-0.4, -0.2) is 0 Å². The maximum atomic E-state index is 12.9. The van der Waals surface area contributed by atoms with Gasteiger partial charge in [-0.25, -0.2) is 4.39 Å². The molecule has 0 heterocycles. The Hall–Kier alpha value is -0.850. The molecular weight excluding hydrogens is 175 g/mol. The molecule has 0 amide bonds. The summed E-state index contributed by atoms with van der Waals surface area (Å²) in [5, 5.41) is 0. The molecule has 1 fully saturated rings. The molecule has 0 saturated heterocycles. The molecule has 2 rings (SSSR count). The van der Waals surface area contributed by atoms with Gasteiger partial charge in [0.1, 0.15) is 5.82 Å². The molecule has 0 spiro atoms. The van der Waals surface area contributed by atoms with Gasteiger partial charge in [0.25, 0.3) is 0 Å². The second kappa shape index (κ2) is 4.12. The fourth-order valence-electron chi connectivity index (χ4n) is 2.51. The number of aryl methyl sites for hydroxylation is 1. The molecule has 0 N–H and O–H groups in total. The Bertz CT molecular complexity index is 311. The molecule has 1 aromatic carbocycles. The quantitative estimate of drug-likeness (QED) is 0.626. The summed E-state index contributed by atoms with van der Waals surface area (Å²) in [6, 6.07) is 5.22. The number of halogens is 1. The minimum Gasteiger partial charge on any atom is -0.207 e. The van der Waals surface area contributed by atoms with Gasteiger partial charge in [0.05, 0.1) is 0 Å². The topological polar surface area (TPSA) is 0 Å². The van der Waals surface area contributed by atoms with E-state index in [4.69, 9.17) is 0 Å². The van der Waals surface area contributed by atoms with E-state index in [9.17, 15) is 4.39 Å². The van der Waals surface area contributed by atoms with Crippen LogP contribution in [0, 0.1) is 12.7 Å². The lowest BCUT2D eigenvalue weighted by molar-refractivity contribution is 0.442. The molecule has 0 nitrogen and oxygen atoms in total. The highest BCUT2D eigenvalue weighted by molar-refractivity contribution is 5.30. The van der Waals surface area contributed by atoms with E-state index in [1.165, 1.54) is 37.7 Å². The highest BCUT2D eigenvalue weighted by atomic mass is 19.1. The van der Waals surface area contributed by atoms with E-state index in [-0.39, 0.29) is 5.82 Å². The zero-order valence-electron chi connectivity index (χ0n) is 8.72. The third-order valence-electron chi connectivity index (χ3n) is 3.28. The zero-order valence-corrected chi connectivity index (χ0v) is 8.72. The molecule has 14 heavy (non-hydrogen) atoms. The number of benzene rings is 1. The van der Waals surface area contributed by atoms with Crippen molar-refractivity contribution < 1.29 is 4.39 Å². The molecule has 76 valence electrons. The predicted molar refractivity (Wildman–Crippen MR) is 57.0 cm³/mol. The predicted octanol–water partition coefficient (Wildman–Crippen LogP) is 4.18. The van der Waals surface area contributed by atoms with Gasteiger partial charge in [0, 0.05) is 0 Å².